The Hall–Kier alpha value is -0.889. The van der Waals surface area contributed by atoms with Gasteiger partial charge in [0.15, 0.2) is 25.0 Å². The van der Waals surface area contributed by atoms with Crippen LogP contribution in [-0.4, -0.2) is 141 Å². The molecule has 0 amide bonds. The molecule has 2 fully saturated rings. The standard InChI is InChI=1S/C65H118O13S3Si3/c1-45(44-72-82(18,19)62(7,8)9)33-35-55(77-83(20,21)63(10,11)12)40-52-31-27-32-53(74-52)42-57(71-17)50(6)65(79-37-28-38-80-65)43-58(76-81(67,68)69)48(4)60(75-61(66)51-29-25-24-26-30-51)49(5)59(78-84(22,23)64(13,14)15)46(2)34-36-54-41-56(70-16)39-47(3)73-54/h24-27,29-31,33,46-50,52-60H,28,32,34-44H2,1-23H3,(H,67,68,69)/b45-33+/t46-,47-,48-,49-,50+,52-,53-,54-,55-,56+,57-,58+,59-,60-/m0/s1. The fourth-order valence-electron chi connectivity index (χ4n) is 11.2. The van der Waals surface area contributed by atoms with Crippen LogP contribution in [0.4, 0.5) is 0 Å². The molecule has 3 heterocycles. The Morgan fingerprint density at radius 3 is 1.95 bits per heavy atom. The molecule has 1 aromatic carbocycles. The van der Waals surface area contributed by atoms with E-state index in [-0.39, 0.29) is 76.1 Å². The molecule has 0 aromatic heterocycles. The van der Waals surface area contributed by atoms with E-state index in [0.717, 1.165) is 56.5 Å². The molecule has 19 heteroatoms. The Kier molecular flexibility index (Phi) is 28.7. The first-order valence-electron chi connectivity index (χ1n) is 31.5. The van der Waals surface area contributed by atoms with E-state index in [9.17, 15) is 17.8 Å². The lowest BCUT2D eigenvalue weighted by Crippen LogP contribution is -2.53. The highest BCUT2D eigenvalue weighted by molar-refractivity contribution is 8.18. The molecule has 3 aliphatic rings. The van der Waals surface area contributed by atoms with E-state index in [0.29, 0.717) is 25.0 Å². The largest absolute Gasteiger partial charge is 0.458 e. The van der Waals surface area contributed by atoms with Crippen LogP contribution in [0.25, 0.3) is 0 Å². The summed E-state index contributed by atoms with van der Waals surface area (Å²) in [4.78, 5) is 14.5. The summed E-state index contributed by atoms with van der Waals surface area (Å²) >= 11 is 3.60. The Morgan fingerprint density at radius 2 is 1.39 bits per heavy atom. The smallest absolute Gasteiger partial charge is 0.397 e. The maximum Gasteiger partial charge on any atom is 0.397 e. The monoisotopic (exact) mass is 1290 g/mol. The molecule has 0 aliphatic carbocycles. The fourth-order valence-corrected chi connectivity index (χ4v) is 19.3. The SMILES string of the molecule is CO[C@H]1C[C@H](CC[C@H](C)[C@H](O[Si](C)(C)C(C)(C)C)[C@H](C)[C@@H](OC(=O)c2ccccc2)[C@@H](C)[C@@H](CC2([C@H](C)[C@H](C[C@@H]3CC=C[C@@H](C[C@H](C/C=C(\C)CO[Si](C)(C)C(C)(C)C)O[Si](C)(C)C(C)(C)C)O3)OC)SCCCS2)OS(=O)(=O)O)O[C@@H](C)C1. The first-order valence-corrected chi connectivity index (χ1v) is 43.6. The number of hydrogen-bond donors (Lipinski definition) is 1. The van der Waals surface area contributed by atoms with E-state index in [1.54, 1.807) is 62.0 Å². The number of thioether (sulfide) groups is 2. The summed E-state index contributed by atoms with van der Waals surface area (Å²) < 4.78 is 96.6. The number of hydrogen-bond acceptors (Lipinski definition) is 14. The average Bonchev–Trinajstić information content (AvgIpc) is 2.03. The third-order valence-electron chi connectivity index (χ3n) is 19.9. The van der Waals surface area contributed by atoms with E-state index in [2.05, 4.69) is 154 Å². The highest BCUT2D eigenvalue weighted by Crippen LogP contribution is 2.54. The Balaban J connectivity index is 1.70. The van der Waals surface area contributed by atoms with Gasteiger partial charge in [-0.05, 0) is 149 Å². The van der Waals surface area contributed by atoms with Gasteiger partial charge in [0, 0.05) is 44.8 Å². The highest BCUT2D eigenvalue weighted by atomic mass is 32.3. The second-order valence-electron chi connectivity index (χ2n) is 29.7. The molecule has 0 radical (unpaired) electrons. The highest BCUT2D eigenvalue weighted by Gasteiger charge is 2.51. The van der Waals surface area contributed by atoms with Crippen molar-refractivity contribution in [1.29, 1.82) is 0 Å². The van der Waals surface area contributed by atoms with Crippen LogP contribution in [0.2, 0.25) is 54.4 Å². The number of carbonyl (C=O) groups is 1. The summed E-state index contributed by atoms with van der Waals surface area (Å²) in [7, 11) is -8.07. The third-order valence-corrected chi connectivity index (χ3v) is 37.6. The van der Waals surface area contributed by atoms with Crippen LogP contribution in [0.1, 0.15) is 178 Å². The summed E-state index contributed by atoms with van der Waals surface area (Å²) in [5, 5.41) is 0.00976. The molecule has 4 rings (SSSR count). The number of rotatable bonds is 31. The summed E-state index contributed by atoms with van der Waals surface area (Å²) in [6, 6.07) is 8.91. The molecule has 0 unspecified atom stereocenters. The molecule has 1 aromatic rings. The van der Waals surface area contributed by atoms with Crippen LogP contribution < -0.4 is 0 Å². The van der Waals surface area contributed by atoms with E-state index in [4.69, 9.17) is 41.1 Å². The topological polar surface area (TPSA) is 155 Å². The second kappa shape index (κ2) is 31.9. The van der Waals surface area contributed by atoms with Gasteiger partial charge in [-0.2, -0.15) is 8.42 Å². The zero-order valence-electron chi connectivity index (χ0n) is 56.5. The van der Waals surface area contributed by atoms with Gasteiger partial charge in [-0.15, -0.1) is 23.5 Å². The van der Waals surface area contributed by atoms with Crippen molar-refractivity contribution in [3.05, 3.63) is 59.7 Å². The predicted molar refractivity (Wildman–Crippen MR) is 357 cm³/mol. The predicted octanol–water partition coefficient (Wildman–Crippen LogP) is 16.9. The average molecular weight is 1290 g/mol. The van der Waals surface area contributed by atoms with Gasteiger partial charge in [-0.1, -0.05) is 132 Å². The minimum absolute atomic E-state index is 0.0188. The number of esters is 1. The van der Waals surface area contributed by atoms with Crippen molar-refractivity contribution >= 4 is 64.8 Å². The first-order chi connectivity index (χ1) is 38.6. The van der Waals surface area contributed by atoms with E-state index in [1.807, 2.05) is 13.0 Å². The van der Waals surface area contributed by atoms with Gasteiger partial charge in [0.1, 0.15) is 6.10 Å². The van der Waals surface area contributed by atoms with Crippen molar-refractivity contribution in [3.63, 3.8) is 0 Å². The third kappa shape index (κ3) is 22.5. The molecule has 1 N–H and O–H groups in total. The Morgan fingerprint density at radius 1 is 0.798 bits per heavy atom. The van der Waals surface area contributed by atoms with Crippen LogP contribution in [0.3, 0.4) is 0 Å². The molecule has 14 atom stereocenters. The zero-order chi connectivity index (χ0) is 63.4. The van der Waals surface area contributed by atoms with Crippen molar-refractivity contribution < 1.29 is 58.9 Å². The van der Waals surface area contributed by atoms with Crippen LogP contribution in [0.15, 0.2) is 54.1 Å². The molecular weight excluding hydrogens is 1170 g/mol. The zero-order valence-corrected chi connectivity index (χ0v) is 61.9. The molecule has 486 valence electrons. The first kappa shape index (κ1) is 75.6. The van der Waals surface area contributed by atoms with Gasteiger partial charge in [-0.3, -0.25) is 4.55 Å². The molecule has 0 saturated carbocycles. The van der Waals surface area contributed by atoms with Crippen molar-refractivity contribution in [2.45, 2.75) is 288 Å². The van der Waals surface area contributed by atoms with Crippen LogP contribution in [0.5, 0.6) is 0 Å². The number of carbonyl (C=O) groups excluding carboxylic acids is 1. The van der Waals surface area contributed by atoms with Gasteiger partial charge in [-0.25, -0.2) is 8.98 Å². The van der Waals surface area contributed by atoms with Gasteiger partial charge >= 0.3 is 16.4 Å². The minimum atomic E-state index is -5.02. The molecular formula is C65H118O13S3Si3. The van der Waals surface area contributed by atoms with Crippen molar-refractivity contribution in [2.75, 3.05) is 32.3 Å². The van der Waals surface area contributed by atoms with Crippen LogP contribution >= 0.6 is 23.5 Å². The fraction of sp³-hybridized carbons (Fsp3) is 0.831. The Labute approximate surface area is 523 Å². The summed E-state index contributed by atoms with van der Waals surface area (Å²) in [6.45, 7) is 47.3. The maximum atomic E-state index is 14.5. The summed E-state index contributed by atoms with van der Waals surface area (Å²) in [6.07, 6.45) is 11.1. The molecule has 2 saturated heterocycles. The lowest BCUT2D eigenvalue weighted by Gasteiger charge is -2.48. The number of ether oxygens (including phenoxy) is 5. The molecule has 13 nitrogen and oxygen atoms in total. The number of methoxy groups -OCH3 is 2. The lowest BCUT2D eigenvalue weighted by molar-refractivity contribution is -0.104. The van der Waals surface area contributed by atoms with E-state index >= 15 is 0 Å². The molecule has 3 aliphatic heterocycles. The lowest BCUT2D eigenvalue weighted by atomic mass is 9.79. The quantitative estimate of drug-likeness (QED) is 0.0324. The normalized spacial score (nSPS) is 25.0. The van der Waals surface area contributed by atoms with Crippen molar-refractivity contribution in [3.8, 4) is 0 Å². The Bertz CT molecular complexity index is 2330. The summed E-state index contributed by atoms with van der Waals surface area (Å²) in [5.41, 5.74) is 1.59. The van der Waals surface area contributed by atoms with Crippen LogP contribution in [-0.2, 0) is 51.5 Å². The molecule has 84 heavy (non-hydrogen) atoms. The van der Waals surface area contributed by atoms with E-state index in [1.165, 1.54) is 5.57 Å². The van der Waals surface area contributed by atoms with Crippen LogP contribution in [0, 0.1) is 23.7 Å². The van der Waals surface area contributed by atoms with Gasteiger partial charge in [0.05, 0.1) is 71.2 Å². The number of benzene rings is 1. The minimum Gasteiger partial charge on any atom is -0.458 e. The van der Waals surface area contributed by atoms with Gasteiger partial charge < -0.3 is 37.0 Å². The van der Waals surface area contributed by atoms with Crippen molar-refractivity contribution in [2.24, 2.45) is 23.7 Å². The van der Waals surface area contributed by atoms with E-state index < -0.39 is 75.5 Å². The van der Waals surface area contributed by atoms with Gasteiger partial charge in [0.2, 0.25) is 0 Å². The molecule has 0 spiro atoms. The van der Waals surface area contributed by atoms with Crippen molar-refractivity contribution in [1.82, 2.24) is 0 Å². The maximum absolute atomic E-state index is 14.5. The van der Waals surface area contributed by atoms with Gasteiger partial charge in [0.25, 0.3) is 0 Å². The molecule has 0 bridgehead atoms. The summed E-state index contributed by atoms with van der Waals surface area (Å²) in [5.74, 6) is -0.218. The second-order valence-corrected chi connectivity index (χ2v) is 48.2.